The third-order valence-electron chi connectivity index (χ3n) is 2.28. The van der Waals surface area contributed by atoms with Crippen LogP contribution < -0.4 is 15.8 Å². The Hall–Kier alpha value is -0.980. The van der Waals surface area contributed by atoms with Crippen LogP contribution in [0.4, 0.5) is 0 Å². The Morgan fingerprint density at radius 1 is 1.32 bits per heavy atom. The van der Waals surface area contributed by atoms with E-state index < -0.39 is 0 Å². The topological polar surface area (TPSA) is 59.6 Å². The summed E-state index contributed by atoms with van der Waals surface area (Å²) in [5.41, 5.74) is 8.00. The summed E-state index contributed by atoms with van der Waals surface area (Å²) in [6, 6.07) is 6.04. The van der Waals surface area contributed by atoms with Crippen molar-refractivity contribution in [3.8, 4) is 5.75 Å². The molecule has 0 spiro atoms. The molecule has 3 N–H and O–H groups in total. The number of halogens is 1. The molecular formula is C14H24IN3O. The molecule has 4 nitrogen and oxygen atoms in total. The van der Waals surface area contributed by atoms with E-state index >= 15 is 0 Å². The van der Waals surface area contributed by atoms with Crippen molar-refractivity contribution in [2.75, 3.05) is 7.11 Å². The van der Waals surface area contributed by atoms with E-state index in [1.807, 2.05) is 39.8 Å². The molecule has 0 saturated carbocycles. The smallest absolute Gasteiger partial charge is 0.189 e. The van der Waals surface area contributed by atoms with Gasteiger partial charge in [-0.05, 0) is 51.0 Å². The van der Waals surface area contributed by atoms with Gasteiger partial charge in [0.1, 0.15) is 5.75 Å². The molecule has 0 heterocycles. The highest BCUT2D eigenvalue weighted by Gasteiger charge is 2.09. The molecule has 1 rings (SSSR count). The van der Waals surface area contributed by atoms with Crippen molar-refractivity contribution in [1.82, 2.24) is 5.32 Å². The van der Waals surface area contributed by atoms with Crippen LogP contribution in [0.5, 0.6) is 5.75 Å². The molecule has 0 unspecified atom stereocenters. The van der Waals surface area contributed by atoms with Gasteiger partial charge in [-0.15, -0.1) is 24.0 Å². The number of nitrogens with one attached hydrogen (secondary N) is 1. The standard InChI is InChI=1S/C14H23N3O.HI/c1-10-6-11(8-12(7-10)18-5)9-16-13(15)17-14(2,3)4;/h6-8H,9H2,1-5H3,(H3,15,16,17);1H. The van der Waals surface area contributed by atoms with Crippen LogP contribution in [0.15, 0.2) is 23.2 Å². The van der Waals surface area contributed by atoms with Crippen LogP contribution in [0.1, 0.15) is 31.9 Å². The molecule has 108 valence electrons. The van der Waals surface area contributed by atoms with Gasteiger partial charge in [0.15, 0.2) is 5.96 Å². The zero-order chi connectivity index (χ0) is 13.8. The molecule has 0 aromatic heterocycles. The summed E-state index contributed by atoms with van der Waals surface area (Å²) in [5.74, 6) is 1.31. The highest BCUT2D eigenvalue weighted by molar-refractivity contribution is 14.0. The van der Waals surface area contributed by atoms with Gasteiger partial charge in [-0.2, -0.15) is 0 Å². The zero-order valence-electron chi connectivity index (χ0n) is 12.3. The number of hydrogen-bond acceptors (Lipinski definition) is 2. The maximum absolute atomic E-state index is 5.82. The monoisotopic (exact) mass is 377 g/mol. The summed E-state index contributed by atoms with van der Waals surface area (Å²) >= 11 is 0. The quantitative estimate of drug-likeness (QED) is 0.484. The summed E-state index contributed by atoms with van der Waals surface area (Å²) in [6.45, 7) is 8.72. The second kappa shape index (κ2) is 7.57. The Balaban J connectivity index is 0.00000324. The Labute approximate surface area is 132 Å². The Morgan fingerprint density at radius 3 is 2.47 bits per heavy atom. The predicted octanol–water partition coefficient (Wildman–Crippen LogP) is 2.82. The lowest BCUT2D eigenvalue weighted by molar-refractivity contribution is 0.414. The minimum Gasteiger partial charge on any atom is -0.497 e. The highest BCUT2D eigenvalue weighted by atomic mass is 127. The van der Waals surface area contributed by atoms with Gasteiger partial charge >= 0.3 is 0 Å². The van der Waals surface area contributed by atoms with Gasteiger partial charge in [0.2, 0.25) is 0 Å². The molecule has 0 aliphatic rings. The average Bonchev–Trinajstić information content (AvgIpc) is 2.23. The molecule has 5 heteroatoms. The molecular weight excluding hydrogens is 353 g/mol. The van der Waals surface area contributed by atoms with E-state index in [0.717, 1.165) is 16.9 Å². The molecule has 19 heavy (non-hydrogen) atoms. The highest BCUT2D eigenvalue weighted by Crippen LogP contribution is 2.16. The maximum atomic E-state index is 5.82. The van der Waals surface area contributed by atoms with Crippen molar-refractivity contribution in [2.45, 2.75) is 39.8 Å². The Bertz CT molecular complexity index is 439. The lowest BCUT2D eigenvalue weighted by Gasteiger charge is -2.21. The van der Waals surface area contributed by atoms with Crippen molar-refractivity contribution < 1.29 is 4.74 Å². The van der Waals surface area contributed by atoms with Crippen LogP contribution in [-0.2, 0) is 6.54 Å². The van der Waals surface area contributed by atoms with Crippen LogP contribution in [0.25, 0.3) is 0 Å². The molecule has 0 aliphatic carbocycles. The molecule has 1 aromatic rings. The minimum atomic E-state index is -0.0715. The Kier molecular flexibility index (Phi) is 7.18. The molecule has 0 fully saturated rings. The first-order valence-corrected chi connectivity index (χ1v) is 6.03. The number of guanidine groups is 1. The number of aliphatic imine (C=N–C) groups is 1. The van der Waals surface area contributed by atoms with E-state index in [1.165, 1.54) is 0 Å². The number of rotatable bonds is 3. The fourth-order valence-corrected chi connectivity index (χ4v) is 1.63. The third-order valence-corrected chi connectivity index (χ3v) is 2.28. The van der Waals surface area contributed by atoms with Gasteiger partial charge in [0.25, 0.3) is 0 Å². The molecule has 0 aliphatic heterocycles. The van der Waals surface area contributed by atoms with Crippen LogP contribution in [0.2, 0.25) is 0 Å². The second-order valence-electron chi connectivity index (χ2n) is 5.43. The van der Waals surface area contributed by atoms with Crippen LogP contribution in [0.3, 0.4) is 0 Å². The summed E-state index contributed by atoms with van der Waals surface area (Å²) in [4.78, 5) is 4.32. The number of benzene rings is 1. The van der Waals surface area contributed by atoms with Crippen molar-refractivity contribution in [1.29, 1.82) is 0 Å². The third kappa shape index (κ3) is 7.25. The molecule has 1 aromatic carbocycles. The van der Waals surface area contributed by atoms with E-state index in [0.29, 0.717) is 12.5 Å². The van der Waals surface area contributed by atoms with Crippen molar-refractivity contribution in [3.05, 3.63) is 29.3 Å². The van der Waals surface area contributed by atoms with Crippen molar-refractivity contribution in [3.63, 3.8) is 0 Å². The predicted molar refractivity (Wildman–Crippen MR) is 91.4 cm³/mol. The molecule has 0 bridgehead atoms. The molecule has 0 radical (unpaired) electrons. The molecule has 0 amide bonds. The van der Waals surface area contributed by atoms with Gasteiger partial charge in [-0.1, -0.05) is 6.07 Å². The van der Waals surface area contributed by atoms with Crippen molar-refractivity contribution in [2.24, 2.45) is 10.7 Å². The number of methoxy groups -OCH3 is 1. The van der Waals surface area contributed by atoms with E-state index in [1.54, 1.807) is 7.11 Å². The van der Waals surface area contributed by atoms with E-state index in [-0.39, 0.29) is 29.5 Å². The average molecular weight is 377 g/mol. The first-order chi connectivity index (χ1) is 8.30. The van der Waals surface area contributed by atoms with Gasteiger partial charge < -0.3 is 15.8 Å². The van der Waals surface area contributed by atoms with Crippen LogP contribution in [0, 0.1) is 6.92 Å². The summed E-state index contributed by atoms with van der Waals surface area (Å²) in [7, 11) is 1.66. The Morgan fingerprint density at radius 2 is 1.95 bits per heavy atom. The van der Waals surface area contributed by atoms with E-state index in [4.69, 9.17) is 10.5 Å². The van der Waals surface area contributed by atoms with Gasteiger partial charge in [-0.3, -0.25) is 0 Å². The number of ether oxygens (including phenoxy) is 1. The first-order valence-electron chi connectivity index (χ1n) is 6.03. The molecule has 0 saturated heterocycles. The normalized spacial score (nSPS) is 11.7. The van der Waals surface area contributed by atoms with E-state index in [2.05, 4.69) is 16.4 Å². The molecule has 0 atom stereocenters. The van der Waals surface area contributed by atoms with Gasteiger partial charge in [0.05, 0.1) is 13.7 Å². The van der Waals surface area contributed by atoms with Crippen LogP contribution in [-0.4, -0.2) is 18.6 Å². The maximum Gasteiger partial charge on any atom is 0.189 e. The van der Waals surface area contributed by atoms with Gasteiger partial charge in [0, 0.05) is 5.54 Å². The van der Waals surface area contributed by atoms with E-state index in [9.17, 15) is 0 Å². The van der Waals surface area contributed by atoms with Gasteiger partial charge in [-0.25, -0.2) is 4.99 Å². The largest absolute Gasteiger partial charge is 0.497 e. The fraction of sp³-hybridized carbons (Fsp3) is 0.500. The SMILES string of the molecule is COc1cc(C)cc(CN=C(N)NC(C)(C)C)c1.I. The van der Waals surface area contributed by atoms with Crippen molar-refractivity contribution >= 4 is 29.9 Å². The summed E-state index contributed by atoms with van der Waals surface area (Å²) in [5, 5.41) is 3.13. The number of nitrogens with zero attached hydrogens (tertiary/aromatic N) is 1. The number of nitrogens with two attached hydrogens (primary N) is 1. The first kappa shape index (κ1) is 18.0. The summed E-state index contributed by atoms with van der Waals surface area (Å²) < 4.78 is 5.23. The number of aryl methyl sites for hydroxylation is 1. The number of hydrogen-bond donors (Lipinski definition) is 2. The minimum absolute atomic E-state index is 0. The van der Waals surface area contributed by atoms with Crippen LogP contribution >= 0.6 is 24.0 Å². The summed E-state index contributed by atoms with van der Waals surface area (Å²) in [6.07, 6.45) is 0. The zero-order valence-corrected chi connectivity index (χ0v) is 14.6. The lowest BCUT2D eigenvalue weighted by Crippen LogP contribution is -2.44. The second-order valence-corrected chi connectivity index (χ2v) is 5.43. The fourth-order valence-electron chi connectivity index (χ4n) is 1.63. The lowest BCUT2D eigenvalue weighted by atomic mass is 10.1.